The zero-order valence-corrected chi connectivity index (χ0v) is 19.5. The van der Waals surface area contributed by atoms with Crippen molar-refractivity contribution in [2.45, 2.75) is 19.6 Å². The Bertz CT molecular complexity index is 1190. The smallest absolute Gasteiger partial charge is 0.276 e. The first-order valence-corrected chi connectivity index (χ1v) is 11.5. The summed E-state index contributed by atoms with van der Waals surface area (Å²) in [5, 5.41) is 21.2. The Morgan fingerprint density at radius 2 is 2.00 bits per heavy atom. The van der Waals surface area contributed by atoms with Crippen LogP contribution in [0.25, 0.3) is 0 Å². The van der Waals surface area contributed by atoms with E-state index in [2.05, 4.69) is 9.89 Å². The van der Waals surface area contributed by atoms with Gasteiger partial charge in [0.15, 0.2) is 11.5 Å². The van der Waals surface area contributed by atoms with Gasteiger partial charge in [-0.15, -0.1) is 0 Å². The molecule has 3 heterocycles. The second-order valence-corrected chi connectivity index (χ2v) is 8.51. The monoisotopic (exact) mass is 481 g/mol. The predicted molar refractivity (Wildman–Crippen MR) is 129 cm³/mol. The lowest BCUT2D eigenvalue weighted by Crippen LogP contribution is -2.37. The number of morpholine rings is 1. The summed E-state index contributed by atoms with van der Waals surface area (Å²) in [5.41, 5.74) is 2.76. The molecule has 0 radical (unpaired) electrons. The lowest BCUT2D eigenvalue weighted by molar-refractivity contribution is -0.385. The van der Waals surface area contributed by atoms with Crippen LogP contribution in [0.5, 0.6) is 11.5 Å². The highest BCUT2D eigenvalue weighted by molar-refractivity contribution is 6.13. The van der Waals surface area contributed by atoms with Crippen molar-refractivity contribution in [2.24, 2.45) is 9.98 Å². The fourth-order valence-electron chi connectivity index (χ4n) is 4.48. The summed E-state index contributed by atoms with van der Waals surface area (Å²) in [5.74, 6) is 1.79. The summed E-state index contributed by atoms with van der Waals surface area (Å²) in [6.45, 7) is 4.82. The predicted octanol–water partition coefficient (Wildman–Crippen LogP) is 2.76. The van der Waals surface area contributed by atoms with Crippen LogP contribution in [0.4, 0.5) is 17.1 Å². The number of hydrogen-bond acceptors (Lipinski definition) is 10. The first kappa shape index (κ1) is 23.2. The molecule has 0 saturated carbocycles. The van der Waals surface area contributed by atoms with Crippen LogP contribution < -0.4 is 9.47 Å². The highest BCUT2D eigenvalue weighted by Gasteiger charge is 2.31. The summed E-state index contributed by atoms with van der Waals surface area (Å²) in [6.07, 6.45) is 2.49. The molecule has 5 rings (SSSR count). The number of aliphatic hydroxyl groups excluding tert-OH is 1. The number of amidine groups is 1. The van der Waals surface area contributed by atoms with E-state index in [1.807, 2.05) is 12.1 Å². The average Bonchev–Trinajstić information content (AvgIpc) is 2.89. The number of nitro benzene ring substituents is 1. The number of aliphatic hydroxyl groups is 1. The first-order valence-electron chi connectivity index (χ1n) is 11.5. The van der Waals surface area contributed by atoms with E-state index in [1.54, 1.807) is 24.4 Å². The molecule has 0 amide bonds. The van der Waals surface area contributed by atoms with E-state index in [1.165, 1.54) is 6.07 Å². The van der Waals surface area contributed by atoms with Gasteiger partial charge in [-0.3, -0.25) is 15.0 Å². The molecule has 2 aromatic rings. The standard InChI is InChI=1S/C24H27N5O6/c1-33-22-12-19-17(11-23(22)35-6-2-3-27-4-7-34-8-5-27)24-26-20-9-16(14-30)10-21(29(31)32)18(20)13-28(24)15-25-19/h9-12,15,30H,2-8,13-14H2,1H3. The van der Waals surface area contributed by atoms with Gasteiger partial charge in [0.1, 0.15) is 5.84 Å². The van der Waals surface area contributed by atoms with Crippen LogP contribution in [0.2, 0.25) is 0 Å². The van der Waals surface area contributed by atoms with Gasteiger partial charge in [-0.05, 0) is 24.1 Å². The van der Waals surface area contributed by atoms with Gasteiger partial charge in [-0.1, -0.05) is 0 Å². The lowest BCUT2D eigenvalue weighted by atomic mass is 10.0. The number of hydrogen-bond donors (Lipinski definition) is 1. The van der Waals surface area contributed by atoms with E-state index >= 15 is 0 Å². The topological polar surface area (TPSA) is 122 Å². The number of benzene rings is 2. The van der Waals surface area contributed by atoms with Crippen LogP contribution >= 0.6 is 0 Å². The molecule has 35 heavy (non-hydrogen) atoms. The van der Waals surface area contributed by atoms with Crippen molar-refractivity contribution in [3.8, 4) is 11.5 Å². The quantitative estimate of drug-likeness (QED) is 0.347. The number of nitrogens with zero attached hydrogens (tertiary/aromatic N) is 5. The van der Waals surface area contributed by atoms with E-state index < -0.39 is 4.92 Å². The molecule has 0 bridgehead atoms. The van der Waals surface area contributed by atoms with Crippen LogP contribution in [0, 0.1) is 10.1 Å². The maximum atomic E-state index is 11.6. The molecule has 0 unspecified atom stereocenters. The summed E-state index contributed by atoms with van der Waals surface area (Å²) >= 11 is 0. The number of nitro groups is 1. The summed E-state index contributed by atoms with van der Waals surface area (Å²) in [4.78, 5) is 24.6. The van der Waals surface area contributed by atoms with Gasteiger partial charge in [-0.2, -0.15) is 0 Å². The zero-order chi connectivity index (χ0) is 24.4. The van der Waals surface area contributed by atoms with Gasteiger partial charge in [-0.25, -0.2) is 9.98 Å². The molecule has 11 heteroatoms. The molecule has 3 aliphatic heterocycles. The molecule has 2 aromatic carbocycles. The fourth-order valence-corrected chi connectivity index (χ4v) is 4.48. The van der Waals surface area contributed by atoms with E-state index in [0.29, 0.717) is 46.4 Å². The summed E-state index contributed by atoms with van der Waals surface area (Å²) < 4.78 is 17.0. The van der Waals surface area contributed by atoms with Crippen LogP contribution in [0.15, 0.2) is 34.3 Å². The molecule has 0 atom stereocenters. The van der Waals surface area contributed by atoms with Crippen molar-refractivity contribution >= 4 is 29.2 Å². The molecule has 3 aliphatic rings. The van der Waals surface area contributed by atoms with Crippen molar-refractivity contribution in [2.75, 3.05) is 46.6 Å². The molecule has 1 saturated heterocycles. The van der Waals surface area contributed by atoms with Gasteiger partial charge < -0.3 is 24.2 Å². The maximum absolute atomic E-state index is 11.6. The number of ether oxygens (including phenoxy) is 3. The summed E-state index contributed by atoms with van der Waals surface area (Å²) in [6, 6.07) is 6.75. The number of fused-ring (bicyclic) bond motifs is 4. The van der Waals surface area contributed by atoms with Gasteiger partial charge in [0.25, 0.3) is 5.69 Å². The van der Waals surface area contributed by atoms with Crippen molar-refractivity contribution in [3.05, 3.63) is 51.1 Å². The first-order chi connectivity index (χ1) is 17.1. The Labute approximate surface area is 202 Å². The maximum Gasteiger partial charge on any atom is 0.276 e. The van der Waals surface area contributed by atoms with Gasteiger partial charge in [0.2, 0.25) is 0 Å². The third kappa shape index (κ3) is 4.70. The highest BCUT2D eigenvalue weighted by Crippen LogP contribution is 2.41. The Balaban J connectivity index is 1.42. The third-order valence-corrected chi connectivity index (χ3v) is 6.31. The Morgan fingerprint density at radius 3 is 2.74 bits per heavy atom. The van der Waals surface area contributed by atoms with E-state index in [4.69, 9.17) is 19.2 Å². The second kappa shape index (κ2) is 9.98. The van der Waals surface area contributed by atoms with Gasteiger partial charge in [0.05, 0.1) is 68.3 Å². The Hall–Kier alpha value is -3.54. The van der Waals surface area contributed by atoms with Crippen molar-refractivity contribution in [3.63, 3.8) is 0 Å². The molecule has 1 N–H and O–H groups in total. The SMILES string of the molecule is COc1cc2c(cc1OCCCN1CCOCC1)C1=Nc3cc(CO)cc([N+](=O)[O-])c3CN1C=N2. The number of rotatable bonds is 8. The van der Waals surface area contributed by atoms with Crippen LogP contribution in [0.3, 0.4) is 0 Å². The minimum atomic E-state index is -0.443. The number of methoxy groups -OCH3 is 1. The molecule has 0 aromatic heterocycles. The molecule has 0 spiro atoms. The normalized spacial score (nSPS) is 16.7. The van der Waals surface area contributed by atoms with E-state index in [9.17, 15) is 15.2 Å². The third-order valence-electron chi connectivity index (χ3n) is 6.31. The summed E-state index contributed by atoms with van der Waals surface area (Å²) in [7, 11) is 1.59. The molecular formula is C24H27N5O6. The molecule has 1 fully saturated rings. The molecule has 184 valence electrons. The Morgan fingerprint density at radius 1 is 1.17 bits per heavy atom. The van der Waals surface area contributed by atoms with Crippen LogP contribution in [0.1, 0.15) is 23.1 Å². The number of aliphatic imine (C=N–C) groups is 2. The van der Waals surface area contributed by atoms with E-state index in [-0.39, 0.29) is 18.8 Å². The molecule has 11 nitrogen and oxygen atoms in total. The largest absolute Gasteiger partial charge is 0.493 e. The Kier molecular flexibility index (Phi) is 6.62. The van der Waals surface area contributed by atoms with Crippen molar-refractivity contribution in [1.82, 2.24) is 9.80 Å². The molecule has 0 aliphatic carbocycles. The fraction of sp³-hybridized carbons (Fsp3) is 0.417. The van der Waals surface area contributed by atoms with Crippen molar-refractivity contribution < 1.29 is 24.2 Å². The zero-order valence-electron chi connectivity index (χ0n) is 19.5. The minimum absolute atomic E-state index is 0.0624. The van der Waals surface area contributed by atoms with E-state index in [0.717, 1.165) is 44.8 Å². The second-order valence-electron chi connectivity index (χ2n) is 8.51. The van der Waals surface area contributed by atoms with Gasteiger partial charge >= 0.3 is 0 Å². The lowest BCUT2D eigenvalue weighted by Gasteiger charge is -2.30. The van der Waals surface area contributed by atoms with Gasteiger partial charge in [0, 0.05) is 37.3 Å². The van der Waals surface area contributed by atoms with Crippen LogP contribution in [-0.4, -0.2) is 78.6 Å². The minimum Gasteiger partial charge on any atom is -0.493 e. The highest BCUT2D eigenvalue weighted by atomic mass is 16.6. The van der Waals surface area contributed by atoms with Crippen molar-refractivity contribution in [1.29, 1.82) is 0 Å². The van der Waals surface area contributed by atoms with Crippen LogP contribution in [-0.2, 0) is 17.9 Å². The average molecular weight is 482 g/mol. The molecular weight excluding hydrogens is 454 g/mol.